The molecule has 0 aliphatic carbocycles. The summed E-state index contributed by atoms with van der Waals surface area (Å²) in [6, 6.07) is 0. The molecule has 0 amide bonds. The maximum Gasteiger partial charge on any atom is 0.161 e. The average molecular weight is 189 g/mol. The maximum atomic E-state index is 5.77. The third-order valence-corrected chi connectivity index (χ3v) is 2.64. The van der Waals surface area contributed by atoms with Crippen LogP contribution in [0.4, 0.5) is 0 Å². The van der Waals surface area contributed by atoms with Gasteiger partial charge in [0.1, 0.15) is 5.03 Å². The Morgan fingerprint density at radius 2 is 2.18 bits per heavy atom. The molecule has 0 aliphatic heterocycles. The molecule has 0 fully saturated rings. The summed E-state index contributed by atoms with van der Waals surface area (Å²) in [4.78, 5) is 8.00. The van der Waals surface area contributed by atoms with Crippen molar-refractivity contribution >= 4 is 23.4 Å². The van der Waals surface area contributed by atoms with E-state index in [1.54, 1.807) is 24.2 Å². The van der Waals surface area contributed by atoms with Gasteiger partial charge in [0.25, 0.3) is 0 Å². The Hall–Kier alpha value is -0.280. The second kappa shape index (κ2) is 4.57. The van der Waals surface area contributed by atoms with Crippen LogP contribution in [0.15, 0.2) is 17.4 Å². The van der Waals surface area contributed by atoms with E-state index >= 15 is 0 Å². The van der Waals surface area contributed by atoms with Crippen LogP contribution in [0.5, 0.6) is 0 Å². The molecule has 0 radical (unpaired) electrons. The second-order valence-electron chi connectivity index (χ2n) is 2.00. The van der Waals surface area contributed by atoms with Crippen molar-refractivity contribution in [3.05, 3.63) is 17.5 Å². The molecule has 2 nitrogen and oxygen atoms in total. The fourth-order valence-electron chi connectivity index (χ4n) is 0.604. The number of nitrogens with zero attached hydrogens (tertiary/aromatic N) is 2. The highest BCUT2D eigenvalue weighted by atomic mass is 35.5. The lowest BCUT2D eigenvalue weighted by Gasteiger charge is -1.98. The van der Waals surface area contributed by atoms with Gasteiger partial charge in [0.2, 0.25) is 0 Å². The lowest BCUT2D eigenvalue weighted by molar-refractivity contribution is 1.04. The molecule has 0 bridgehead atoms. The fourth-order valence-corrected chi connectivity index (χ4v) is 1.58. The normalized spacial score (nSPS) is 10.0. The molecule has 1 aromatic rings. The van der Waals surface area contributed by atoms with Gasteiger partial charge in [-0.05, 0) is 12.2 Å². The van der Waals surface area contributed by atoms with Crippen molar-refractivity contribution in [2.75, 3.05) is 5.75 Å². The van der Waals surface area contributed by atoms with Crippen LogP contribution in [0, 0.1) is 0 Å². The Balaban J connectivity index is 2.62. The SMILES string of the molecule is CCCSc1nccnc1Cl. The van der Waals surface area contributed by atoms with Gasteiger partial charge >= 0.3 is 0 Å². The fraction of sp³-hybridized carbons (Fsp3) is 0.429. The first-order valence-electron chi connectivity index (χ1n) is 3.44. The van der Waals surface area contributed by atoms with Gasteiger partial charge in [0.05, 0.1) is 0 Å². The van der Waals surface area contributed by atoms with Gasteiger partial charge < -0.3 is 0 Å². The molecule has 0 saturated carbocycles. The largest absolute Gasteiger partial charge is 0.245 e. The second-order valence-corrected chi connectivity index (χ2v) is 3.44. The molecule has 1 heterocycles. The predicted octanol–water partition coefficient (Wildman–Crippen LogP) is 2.63. The summed E-state index contributed by atoms with van der Waals surface area (Å²) in [5, 5.41) is 1.34. The van der Waals surface area contributed by atoms with Crippen molar-refractivity contribution < 1.29 is 0 Å². The summed E-state index contributed by atoms with van der Waals surface area (Å²) in [7, 11) is 0. The standard InChI is InChI=1S/C7H9ClN2S/c1-2-5-11-7-6(8)9-3-4-10-7/h3-4H,2,5H2,1H3. The number of hydrogen-bond acceptors (Lipinski definition) is 3. The molecular formula is C7H9ClN2S. The Morgan fingerprint density at radius 3 is 2.82 bits per heavy atom. The van der Waals surface area contributed by atoms with Crippen LogP contribution >= 0.6 is 23.4 Å². The van der Waals surface area contributed by atoms with Crippen LogP contribution in [0.25, 0.3) is 0 Å². The minimum absolute atomic E-state index is 0.506. The van der Waals surface area contributed by atoms with E-state index < -0.39 is 0 Å². The first kappa shape index (κ1) is 8.81. The average Bonchev–Trinajstić information content (AvgIpc) is 2.03. The molecule has 60 valence electrons. The van der Waals surface area contributed by atoms with E-state index in [2.05, 4.69) is 16.9 Å². The third kappa shape index (κ3) is 2.67. The van der Waals surface area contributed by atoms with Gasteiger partial charge in [-0.15, -0.1) is 11.8 Å². The molecule has 11 heavy (non-hydrogen) atoms. The Labute approximate surface area is 75.4 Å². The highest BCUT2D eigenvalue weighted by Crippen LogP contribution is 2.21. The third-order valence-electron chi connectivity index (χ3n) is 1.07. The number of thioether (sulfide) groups is 1. The number of halogens is 1. The van der Waals surface area contributed by atoms with Gasteiger partial charge in [-0.25, -0.2) is 9.97 Å². The van der Waals surface area contributed by atoms with E-state index in [4.69, 9.17) is 11.6 Å². The molecule has 4 heteroatoms. The smallest absolute Gasteiger partial charge is 0.161 e. The van der Waals surface area contributed by atoms with E-state index in [0.717, 1.165) is 17.2 Å². The molecule has 0 N–H and O–H groups in total. The van der Waals surface area contributed by atoms with E-state index in [1.807, 2.05) is 0 Å². The summed E-state index contributed by atoms with van der Waals surface area (Å²) in [6.45, 7) is 2.12. The molecular weight excluding hydrogens is 180 g/mol. The summed E-state index contributed by atoms with van der Waals surface area (Å²) >= 11 is 7.41. The van der Waals surface area contributed by atoms with Crippen molar-refractivity contribution in [2.45, 2.75) is 18.4 Å². The molecule has 0 atom stereocenters. The zero-order valence-corrected chi connectivity index (χ0v) is 7.82. The van der Waals surface area contributed by atoms with Crippen LogP contribution in [-0.4, -0.2) is 15.7 Å². The topological polar surface area (TPSA) is 25.8 Å². The van der Waals surface area contributed by atoms with Gasteiger partial charge in [-0.1, -0.05) is 18.5 Å². The van der Waals surface area contributed by atoms with Crippen LogP contribution in [-0.2, 0) is 0 Å². The van der Waals surface area contributed by atoms with Crippen molar-refractivity contribution in [3.63, 3.8) is 0 Å². The molecule has 0 spiro atoms. The predicted molar refractivity (Wildman–Crippen MR) is 48.1 cm³/mol. The van der Waals surface area contributed by atoms with Crippen LogP contribution in [0.1, 0.15) is 13.3 Å². The molecule has 1 aromatic heterocycles. The highest BCUT2D eigenvalue weighted by Gasteiger charge is 2.00. The van der Waals surface area contributed by atoms with E-state index in [0.29, 0.717) is 5.15 Å². The molecule has 0 unspecified atom stereocenters. The molecule has 1 rings (SSSR count). The van der Waals surface area contributed by atoms with Gasteiger partial charge in [0, 0.05) is 12.4 Å². The number of rotatable bonds is 3. The Kier molecular flexibility index (Phi) is 3.66. The van der Waals surface area contributed by atoms with Gasteiger partial charge in [-0.2, -0.15) is 0 Å². The van der Waals surface area contributed by atoms with Crippen molar-refractivity contribution in [1.82, 2.24) is 9.97 Å². The van der Waals surface area contributed by atoms with E-state index in [9.17, 15) is 0 Å². The van der Waals surface area contributed by atoms with Gasteiger partial charge in [0.15, 0.2) is 5.15 Å². The van der Waals surface area contributed by atoms with Crippen molar-refractivity contribution in [3.8, 4) is 0 Å². The summed E-state index contributed by atoms with van der Waals surface area (Å²) in [6.07, 6.45) is 4.37. The lowest BCUT2D eigenvalue weighted by atomic mass is 10.6. The van der Waals surface area contributed by atoms with Crippen LogP contribution in [0.3, 0.4) is 0 Å². The monoisotopic (exact) mass is 188 g/mol. The van der Waals surface area contributed by atoms with Gasteiger partial charge in [-0.3, -0.25) is 0 Å². The Morgan fingerprint density at radius 1 is 1.45 bits per heavy atom. The maximum absolute atomic E-state index is 5.77. The molecule has 0 aliphatic rings. The Bertz CT molecular complexity index is 229. The highest BCUT2D eigenvalue weighted by molar-refractivity contribution is 7.99. The van der Waals surface area contributed by atoms with Crippen LogP contribution < -0.4 is 0 Å². The zero-order valence-electron chi connectivity index (χ0n) is 6.25. The summed E-state index contributed by atoms with van der Waals surface area (Å²) in [5.41, 5.74) is 0. The number of hydrogen-bond donors (Lipinski definition) is 0. The van der Waals surface area contributed by atoms with Crippen molar-refractivity contribution in [1.29, 1.82) is 0 Å². The number of aromatic nitrogens is 2. The summed E-state index contributed by atoms with van der Waals surface area (Å²) in [5.74, 6) is 1.04. The quantitative estimate of drug-likeness (QED) is 0.683. The lowest BCUT2D eigenvalue weighted by Crippen LogP contribution is -1.85. The zero-order chi connectivity index (χ0) is 8.10. The van der Waals surface area contributed by atoms with E-state index in [-0.39, 0.29) is 0 Å². The van der Waals surface area contributed by atoms with Crippen molar-refractivity contribution in [2.24, 2.45) is 0 Å². The van der Waals surface area contributed by atoms with E-state index in [1.165, 1.54) is 0 Å². The first-order chi connectivity index (χ1) is 5.34. The molecule has 0 saturated heterocycles. The van der Waals surface area contributed by atoms with Crippen LogP contribution in [0.2, 0.25) is 5.15 Å². The molecule has 0 aromatic carbocycles. The minimum atomic E-state index is 0.506. The minimum Gasteiger partial charge on any atom is -0.245 e. The summed E-state index contributed by atoms with van der Waals surface area (Å²) < 4.78 is 0. The first-order valence-corrected chi connectivity index (χ1v) is 4.80.